The lowest BCUT2D eigenvalue weighted by atomic mass is 9.91. The summed E-state index contributed by atoms with van der Waals surface area (Å²) in [5.41, 5.74) is 2.69. The first kappa shape index (κ1) is 14.4. The van der Waals surface area contributed by atoms with Crippen molar-refractivity contribution in [3.8, 4) is 11.3 Å². The third-order valence-corrected chi connectivity index (χ3v) is 4.68. The third kappa shape index (κ3) is 2.85. The first-order valence-corrected chi connectivity index (χ1v) is 8.25. The van der Waals surface area contributed by atoms with Gasteiger partial charge in [0.25, 0.3) is 0 Å². The highest BCUT2D eigenvalue weighted by atomic mass is 16.5. The topological polar surface area (TPSA) is 72.1 Å². The molecule has 2 aromatic heterocycles. The summed E-state index contributed by atoms with van der Waals surface area (Å²) < 4.78 is 5.39. The molecule has 0 unspecified atom stereocenters. The summed E-state index contributed by atoms with van der Waals surface area (Å²) in [5, 5.41) is 3.96. The number of nitrogens with zero attached hydrogens (tertiary/aromatic N) is 4. The molecule has 23 heavy (non-hydrogen) atoms. The zero-order valence-corrected chi connectivity index (χ0v) is 13.2. The van der Waals surface area contributed by atoms with Crippen LogP contribution in [0.5, 0.6) is 0 Å². The first-order valence-electron chi connectivity index (χ1n) is 8.25. The van der Waals surface area contributed by atoms with Gasteiger partial charge in [-0.15, -0.1) is 0 Å². The molecule has 1 aliphatic heterocycles. The summed E-state index contributed by atoms with van der Waals surface area (Å²) in [7, 11) is 0. The highest BCUT2D eigenvalue weighted by Crippen LogP contribution is 2.36. The maximum atomic E-state index is 12.4. The van der Waals surface area contributed by atoms with Gasteiger partial charge in [0.2, 0.25) is 5.91 Å². The van der Waals surface area contributed by atoms with E-state index >= 15 is 0 Å². The smallest absolute Gasteiger partial charge is 0.225 e. The highest BCUT2D eigenvalue weighted by Gasteiger charge is 2.36. The van der Waals surface area contributed by atoms with E-state index in [4.69, 9.17) is 4.52 Å². The van der Waals surface area contributed by atoms with Gasteiger partial charge >= 0.3 is 0 Å². The van der Waals surface area contributed by atoms with E-state index in [2.05, 4.69) is 15.1 Å². The van der Waals surface area contributed by atoms with Gasteiger partial charge in [-0.1, -0.05) is 5.16 Å². The van der Waals surface area contributed by atoms with Gasteiger partial charge < -0.3 is 9.42 Å². The fourth-order valence-corrected chi connectivity index (χ4v) is 3.33. The van der Waals surface area contributed by atoms with Crippen LogP contribution in [0.1, 0.15) is 43.0 Å². The summed E-state index contributed by atoms with van der Waals surface area (Å²) in [5.74, 6) is 1.52. The molecule has 2 aliphatic rings. The predicted molar refractivity (Wildman–Crippen MR) is 83.5 cm³/mol. The summed E-state index contributed by atoms with van der Waals surface area (Å²) in [6, 6.07) is 1.90. The van der Waals surface area contributed by atoms with Crippen molar-refractivity contribution >= 4 is 5.91 Å². The van der Waals surface area contributed by atoms with E-state index in [1.807, 2.05) is 17.9 Å². The van der Waals surface area contributed by atoms with Crippen molar-refractivity contribution in [3.63, 3.8) is 0 Å². The summed E-state index contributed by atoms with van der Waals surface area (Å²) >= 11 is 0. The second kappa shape index (κ2) is 5.76. The number of amides is 1. The minimum absolute atomic E-state index is 0.231. The van der Waals surface area contributed by atoms with Crippen LogP contribution in [0.3, 0.4) is 0 Å². The number of carbonyl (C=O) groups excluding carboxylic acids is 1. The Hall–Kier alpha value is -2.24. The molecular weight excluding hydrogens is 292 g/mol. The van der Waals surface area contributed by atoms with Crippen molar-refractivity contribution in [2.24, 2.45) is 5.92 Å². The Morgan fingerprint density at radius 1 is 1.35 bits per heavy atom. The number of piperidine rings is 1. The standard InChI is InChI=1S/C17H20N4O2/c1-11-7-15(23-20-11)14-8-18-10-19-16(14)13-3-2-6-21(9-13)17(22)12-4-5-12/h7-8,10,12-13H,2-6,9H2,1H3/t13-/m1/s1. The third-order valence-electron chi connectivity index (χ3n) is 4.68. The van der Waals surface area contributed by atoms with Gasteiger partial charge in [0.1, 0.15) is 6.33 Å². The Bertz CT molecular complexity index is 723. The van der Waals surface area contributed by atoms with E-state index in [0.29, 0.717) is 11.7 Å². The van der Waals surface area contributed by atoms with Crippen LogP contribution in [-0.2, 0) is 4.79 Å². The predicted octanol–water partition coefficient (Wildman–Crippen LogP) is 2.56. The van der Waals surface area contributed by atoms with E-state index in [0.717, 1.165) is 55.7 Å². The lowest BCUT2D eigenvalue weighted by Gasteiger charge is -2.33. The number of rotatable bonds is 3. The molecule has 6 nitrogen and oxygen atoms in total. The van der Waals surface area contributed by atoms with Crippen LogP contribution in [0.4, 0.5) is 0 Å². The van der Waals surface area contributed by atoms with E-state index in [9.17, 15) is 4.79 Å². The van der Waals surface area contributed by atoms with E-state index in [-0.39, 0.29) is 11.8 Å². The number of hydrogen-bond donors (Lipinski definition) is 0. The molecule has 0 N–H and O–H groups in total. The van der Waals surface area contributed by atoms with Crippen molar-refractivity contribution in [1.82, 2.24) is 20.0 Å². The van der Waals surface area contributed by atoms with Crippen molar-refractivity contribution < 1.29 is 9.32 Å². The van der Waals surface area contributed by atoms with Gasteiger partial charge in [0.15, 0.2) is 5.76 Å². The molecule has 4 rings (SSSR count). The number of carbonyl (C=O) groups is 1. The number of aromatic nitrogens is 3. The average Bonchev–Trinajstić information content (AvgIpc) is 3.35. The van der Waals surface area contributed by atoms with Crippen molar-refractivity contribution in [3.05, 3.63) is 30.0 Å². The van der Waals surface area contributed by atoms with Gasteiger partial charge in [0.05, 0.1) is 17.0 Å². The fourth-order valence-electron chi connectivity index (χ4n) is 3.33. The van der Waals surface area contributed by atoms with Gasteiger partial charge in [-0.3, -0.25) is 4.79 Å². The zero-order valence-electron chi connectivity index (χ0n) is 13.2. The normalized spacial score (nSPS) is 21.4. The van der Waals surface area contributed by atoms with Crippen LogP contribution >= 0.6 is 0 Å². The molecule has 1 aliphatic carbocycles. The molecule has 1 saturated carbocycles. The number of likely N-dealkylation sites (tertiary alicyclic amines) is 1. The number of aryl methyl sites for hydroxylation is 1. The van der Waals surface area contributed by atoms with Gasteiger partial charge in [-0.2, -0.15) is 0 Å². The quantitative estimate of drug-likeness (QED) is 0.871. The summed E-state index contributed by atoms with van der Waals surface area (Å²) in [4.78, 5) is 23.0. The molecule has 1 atom stereocenters. The maximum absolute atomic E-state index is 12.4. The van der Waals surface area contributed by atoms with Crippen LogP contribution in [0.15, 0.2) is 23.1 Å². The molecule has 1 saturated heterocycles. The Kier molecular flexibility index (Phi) is 3.59. The first-order chi connectivity index (χ1) is 11.2. The van der Waals surface area contributed by atoms with Crippen molar-refractivity contribution in [2.45, 2.75) is 38.5 Å². The maximum Gasteiger partial charge on any atom is 0.225 e. The summed E-state index contributed by atoms with van der Waals surface area (Å²) in [6.45, 7) is 3.51. The lowest BCUT2D eigenvalue weighted by molar-refractivity contribution is -0.133. The van der Waals surface area contributed by atoms with Crippen molar-refractivity contribution in [1.29, 1.82) is 0 Å². The Morgan fingerprint density at radius 3 is 2.96 bits per heavy atom. The number of hydrogen-bond acceptors (Lipinski definition) is 5. The molecule has 0 spiro atoms. The van der Waals surface area contributed by atoms with Gasteiger partial charge in [-0.05, 0) is 32.6 Å². The van der Waals surface area contributed by atoms with Gasteiger partial charge in [-0.25, -0.2) is 9.97 Å². The van der Waals surface area contributed by atoms with Crippen LogP contribution < -0.4 is 0 Å². The Balaban J connectivity index is 1.61. The average molecular weight is 312 g/mol. The van der Waals surface area contributed by atoms with Crippen molar-refractivity contribution in [2.75, 3.05) is 13.1 Å². The molecule has 2 fully saturated rings. The molecule has 0 radical (unpaired) electrons. The zero-order chi connectivity index (χ0) is 15.8. The minimum atomic E-state index is 0.231. The molecule has 0 bridgehead atoms. The van der Waals surface area contributed by atoms with Crippen LogP contribution in [0.2, 0.25) is 0 Å². The fraction of sp³-hybridized carbons (Fsp3) is 0.529. The molecular formula is C17H20N4O2. The molecule has 1 amide bonds. The molecule has 6 heteroatoms. The Morgan fingerprint density at radius 2 is 2.22 bits per heavy atom. The largest absolute Gasteiger partial charge is 0.356 e. The summed E-state index contributed by atoms with van der Waals surface area (Å²) in [6.07, 6.45) is 7.51. The minimum Gasteiger partial charge on any atom is -0.356 e. The molecule has 3 heterocycles. The second-order valence-corrected chi connectivity index (χ2v) is 6.55. The van der Waals surface area contributed by atoms with Crippen LogP contribution in [0.25, 0.3) is 11.3 Å². The molecule has 2 aromatic rings. The van der Waals surface area contributed by atoms with E-state index < -0.39 is 0 Å². The van der Waals surface area contributed by atoms with E-state index in [1.165, 1.54) is 0 Å². The lowest BCUT2D eigenvalue weighted by Crippen LogP contribution is -2.40. The monoisotopic (exact) mass is 312 g/mol. The second-order valence-electron chi connectivity index (χ2n) is 6.55. The van der Waals surface area contributed by atoms with Crippen LogP contribution in [0, 0.1) is 12.8 Å². The highest BCUT2D eigenvalue weighted by molar-refractivity contribution is 5.81. The van der Waals surface area contributed by atoms with Crippen LogP contribution in [-0.4, -0.2) is 39.0 Å². The SMILES string of the molecule is Cc1cc(-c2cncnc2[C@@H]2CCCN(C(=O)C3CC3)C2)on1. The van der Waals surface area contributed by atoms with Gasteiger partial charge in [0, 0.05) is 37.2 Å². The Labute approximate surface area is 134 Å². The molecule has 0 aromatic carbocycles. The molecule has 120 valence electrons. The van der Waals surface area contributed by atoms with E-state index in [1.54, 1.807) is 12.5 Å².